The molecule has 2 rings (SSSR count). The zero-order valence-electron chi connectivity index (χ0n) is 13.1. The number of methoxy groups -OCH3 is 1. The minimum Gasteiger partial charge on any atom is -0.493 e. The lowest BCUT2D eigenvalue weighted by Crippen LogP contribution is -2.27. The minimum atomic E-state index is -0.0136. The Balaban J connectivity index is 2.48. The van der Waals surface area contributed by atoms with Crippen molar-refractivity contribution < 1.29 is 4.74 Å². The van der Waals surface area contributed by atoms with Crippen molar-refractivity contribution in [1.82, 2.24) is 25.3 Å². The van der Waals surface area contributed by atoms with Crippen LogP contribution in [0.15, 0.2) is 24.7 Å². The van der Waals surface area contributed by atoms with Gasteiger partial charge in [-0.3, -0.25) is 4.68 Å². The molecule has 1 unspecified atom stereocenters. The Kier molecular flexibility index (Phi) is 5.27. The summed E-state index contributed by atoms with van der Waals surface area (Å²) in [5.41, 5.74) is 2.08. The van der Waals surface area contributed by atoms with Crippen LogP contribution in [0.4, 0.5) is 0 Å². The van der Waals surface area contributed by atoms with Crippen LogP contribution in [0.3, 0.4) is 0 Å². The monoisotopic (exact) mass is 289 g/mol. The number of aromatic nitrogens is 4. The Morgan fingerprint density at radius 2 is 2.10 bits per heavy atom. The summed E-state index contributed by atoms with van der Waals surface area (Å²) in [6, 6.07) is 2.21. The normalized spacial score (nSPS) is 12.6. The van der Waals surface area contributed by atoms with Crippen molar-refractivity contribution >= 4 is 0 Å². The Morgan fingerprint density at radius 1 is 1.29 bits per heavy atom. The van der Waals surface area contributed by atoms with E-state index in [1.54, 1.807) is 25.7 Å². The SMILES string of the molecule is CCCNC(c1ccnnc1)c1c(OC)cnn1C(C)C. The highest BCUT2D eigenvalue weighted by Gasteiger charge is 2.24. The minimum absolute atomic E-state index is 0.0136. The molecule has 1 atom stereocenters. The van der Waals surface area contributed by atoms with Crippen molar-refractivity contribution in [3.05, 3.63) is 35.9 Å². The van der Waals surface area contributed by atoms with Gasteiger partial charge in [0.15, 0.2) is 5.75 Å². The van der Waals surface area contributed by atoms with Gasteiger partial charge in [-0.05, 0) is 38.4 Å². The smallest absolute Gasteiger partial charge is 0.161 e. The van der Waals surface area contributed by atoms with Crippen LogP contribution < -0.4 is 10.1 Å². The molecule has 21 heavy (non-hydrogen) atoms. The predicted molar refractivity (Wildman–Crippen MR) is 81.3 cm³/mol. The molecule has 6 nitrogen and oxygen atoms in total. The molecule has 114 valence electrons. The molecule has 0 saturated carbocycles. The quantitative estimate of drug-likeness (QED) is 0.847. The first-order chi connectivity index (χ1) is 10.2. The maximum Gasteiger partial charge on any atom is 0.161 e. The van der Waals surface area contributed by atoms with Gasteiger partial charge in [-0.25, -0.2) is 0 Å². The van der Waals surface area contributed by atoms with E-state index in [2.05, 4.69) is 41.4 Å². The first-order valence-electron chi connectivity index (χ1n) is 7.30. The summed E-state index contributed by atoms with van der Waals surface area (Å²) in [5, 5.41) is 15.9. The molecular weight excluding hydrogens is 266 g/mol. The van der Waals surface area contributed by atoms with E-state index in [-0.39, 0.29) is 12.1 Å². The Labute approximate surface area is 125 Å². The molecule has 0 aliphatic carbocycles. The molecule has 0 bridgehead atoms. The lowest BCUT2D eigenvalue weighted by atomic mass is 10.0. The summed E-state index contributed by atoms with van der Waals surface area (Å²) >= 11 is 0. The van der Waals surface area contributed by atoms with E-state index < -0.39 is 0 Å². The zero-order valence-corrected chi connectivity index (χ0v) is 13.1. The van der Waals surface area contributed by atoms with Crippen LogP contribution in [-0.4, -0.2) is 33.6 Å². The van der Waals surface area contributed by atoms with Crippen LogP contribution in [0, 0.1) is 0 Å². The van der Waals surface area contributed by atoms with Gasteiger partial charge in [0.1, 0.15) is 5.69 Å². The lowest BCUT2D eigenvalue weighted by molar-refractivity contribution is 0.393. The average molecular weight is 289 g/mol. The fraction of sp³-hybridized carbons (Fsp3) is 0.533. The van der Waals surface area contributed by atoms with Gasteiger partial charge in [0.05, 0.1) is 25.5 Å². The molecule has 0 aliphatic heterocycles. The van der Waals surface area contributed by atoms with Crippen molar-refractivity contribution in [2.45, 2.75) is 39.3 Å². The topological polar surface area (TPSA) is 64.9 Å². The molecule has 0 amide bonds. The first kappa shape index (κ1) is 15.4. The van der Waals surface area contributed by atoms with E-state index in [1.807, 2.05) is 10.7 Å². The predicted octanol–water partition coefficient (Wildman–Crippen LogP) is 2.35. The van der Waals surface area contributed by atoms with Crippen molar-refractivity contribution in [1.29, 1.82) is 0 Å². The Hall–Kier alpha value is -1.95. The maximum atomic E-state index is 5.50. The van der Waals surface area contributed by atoms with Gasteiger partial charge < -0.3 is 10.1 Å². The molecule has 2 heterocycles. The van der Waals surface area contributed by atoms with E-state index >= 15 is 0 Å². The Bertz CT molecular complexity index is 552. The first-order valence-corrected chi connectivity index (χ1v) is 7.30. The fourth-order valence-corrected chi connectivity index (χ4v) is 2.33. The highest BCUT2D eigenvalue weighted by Crippen LogP contribution is 2.31. The third kappa shape index (κ3) is 3.39. The molecule has 2 aromatic rings. The fourth-order valence-electron chi connectivity index (χ4n) is 2.33. The number of nitrogens with zero attached hydrogens (tertiary/aromatic N) is 4. The van der Waals surface area contributed by atoms with Crippen molar-refractivity contribution in [3.8, 4) is 5.75 Å². The van der Waals surface area contributed by atoms with Crippen molar-refractivity contribution in [3.63, 3.8) is 0 Å². The van der Waals surface area contributed by atoms with Gasteiger partial charge in [-0.15, -0.1) is 0 Å². The van der Waals surface area contributed by atoms with E-state index in [9.17, 15) is 0 Å². The van der Waals surface area contributed by atoms with Crippen molar-refractivity contribution in [2.24, 2.45) is 0 Å². The van der Waals surface area contributed by atoms with Gasteiger partial charge in [0, 0.05) is 12.2 Å². The zero-order chi connectivity index (χ0) is 15.2. The molecule has 0 radical (unpaired) electrons. The van der Waals surface area contributed by atoms with Crippen LogP contribution in [-0.2, 0) is 0 Å². The van der Waals surface area contributed by atoms with Gasteiger partial charge in [0.2, 0.25) is 0 Å². The standard InChI is InChI=1S/C15H23N5O/c1-5-7-16-14(12-6-8-17-18-9-12)15-13(21-4)10-19-20(15)11(2)3/h6,8-11,14,16H,5,7H2,1-4H3. The average Bonchev–Trinajstić information content (AvgIpc) is 2.93. The lowest BCUT2D eigenvalue weighted by Gasteiger charge is -2.22. The highest BCUT2D eigenvalue weighted by atomic mass is 16.5. The van der Waals surface area contributed by atoms with E-state index in [0.717, 1.165) is 30.0 Å². The van der Waals surface area contributed by atoms with Crippen LogP contribution in [0.5, 0.6) is 5.75 Å². The summed E-state index contributed by atoms with van der Waals surface area (Å²) in [7, 11) is 1.67. The molecule has 0 spiro atoms. The van der Waals surface area contributed by atoms with Crippen LogP contribution >= 0.6 is 0 Å². The largest absolute Gasteiger partial charge is 0.493 e. The number of ether oxygens (including phenoxy) is 1. The second-order valence-corrected chi connectivity index (χ2v) is 5.20. The Morgan fingerprint density at radius 3 is 2.67 bits per heavy atom. The van der Waals surface area contributed by atoms with Gasteiger partial charge >= 0.3 is 0 Å². The maximum absolute atomic E-state index is 5.50. The summed E-state index contributed by atoms with van der Waals surface area (Å²) in [6.45, 7) is 7.26. The number of hydrogen-bond donors (Lipinski definition) is 1. The number of nitrogens with one attached hydrogen (secondary N) is 1. The van der Waals surface area contributed by atoms with Gasteiger partial charge in [-0.1, -0.05) is 6.92 Å². The second kappa shape index (κ2) is 7.17. The highest BCUT2D eigenvalue weighted by molar-refractivity contribution is 5.35. The number of hydrogen-bond acceptors (Lipinski definition) is 5. The van der Waals surface area contributed by atoms with Gasteiger partial charge in [-0.2, -0.15) is 15.3 Å². The van der Waals surface area contributed by atoms with E-state index in [1.165, 1.54) is 0 Å². The molecular formula is C15H23N5O. The molecule has 0 saturated heterocycles. The molecule has 2 aromatic heterocycles. The molecule has 0 aliphatic rings. The van der Waals surface area contributed by atoms with Gasteiger partial charge in [0.25, 0.3) is 0 Å². The summed E-state index contributed by atoms with van der Waals surface area (Å²) in [4.78, 5) is 0. The third-order valence-electron chi connectivity index (χ3n) is 3.32. The summed E-state index contributed by atoms with van der Waals surface area (Å²) in [5.74, 6) is 0.786. The molecule has 0 aromatic carbocycles. The summed E-state index contributed by atoms with van der Waals surface area (Å²) in [6.07, 6.45) is 6.31. The molecule has 0 fully saturated rings. The molecule has 6 heteroatoms. The van der Waals surface area contributed by atoms with E-state index in [4.69, 9.17) is 4.74 Å². The molecule has 1 N–H and O–H groups in total. The number of rotatable bonds is 7. The summed E-state index contributed by atoms with van der Waals surface area (Å²) < 4.78 is 7.49. The van der Waals surface area contributed by atoms with Crippen LogP contribution in [0.1, 0.15) is 50.5 Å². The van der Waals surface area contributed by atoms with E-state index in [0.29, 0.717) is 0 Å². The van der Waals surface area contributed by atoms with Crippen LogP contribution in [0.25, 0.3) is 0 Å². The second-order valence-electron chi connectivity index (χ2n) is 5.20. The van der Waals surface area contributed by atoms with Crippen LogP contribution in [0.2, 0.25) is 0 Å². The van der Waals surface area contributed by atoms with Crippen molar-refractivity contribution in [2.75, 3.05) is 13.7 Å². The third-order valence-corrected chi connectivity index (χ3v) is 3.32.